The second-order valence-corrected chi connectivity index (χ2v) is 8.35. The summed E-state index contributed by atoms with van der Waals surface area (Å²) in [6.45, 7) is 7.28. The van der Waals surface area contributed by atoms with Gasteiger partial charge in [0.2, 0.25) is 0 Å². The van der Waals surface area contributed by atoms with Gasteiger partial charge in [0.05, 0.1) is 16.6 Å². The predicted molar refractivity (Wildman–Crippen MR) is 116 cm³/mol. The van der Waals surface area contributed by atoms with Crippen molar-refractivity contribution in [2.45, 2.75) is 19.9 Å². The van der Waals surface area contributed by atoms with E-state index >= 15 is 0 Å². The standard InChI is InChI=1S/C22H29N5O2/c1-15(2)26-17-9-7-6-8-16(17)20-18(26)14-19(27(20)22(29)23(3)4)21(28)25-12-10-24(5)11-13-25/h6-9,14-15H,10-13H2,1-5H3. The van der Waals surface area contributed by atoms with Gasteiger partial charge in [-0.3, -0.25) is 9.36 Å². The molecule has 0 radical (unpaired) electrons. The van der Waals surface area contributed by atoms with Crippen LogP contribution in [0.5, 0.6) is 0 Å². The van der Waals surface area contributed by atoms with Crippen LogP contribution in [0.25, 0.3) is 21.9 Å². The van der Waals surface area contributed by atoms with Gasteiger partial charge in [0, 0.05) is 51.7 Å². The molecule has 2 amide bonds. The van der Waals surface area contributed by atoms with Crippen LogP contribution in [0, 0.1) is 0 Å². The van der Waals surface area contributed by atoms with Gasteiger partial charge in [0.15, 0.2) is 0 Å². The zero-order chi connectivity index (χ0) is 20.9. The summed E-state index contributed by atoms with van der Waals surface area (Å²) >= 11 is 0. The Morgan fingerprint density at radius 1 is 1.00 bits per heavy atom. The fourth-order valence-electron chi connectivity index (χ4n) is 4.24. The van der Waals surface area contributed by atoms with Gasteiger partial charge in [-0.05, 0) is 33.0 Å². The minimum Gasteiger partial charge on any atom is -0.337 e. The highest BCUT2D eigenvalue weighted by molar-refractivity contribution is 6.14. The highest BCUT2D eigenvalue weighted by atomic mass is 16.2. The molecule has 29 heavy (non-hydrogen) atoms. The number of para-hydroxylation sites is 1. The Morgan fingerprint density at radius 2 is 1.66 bits per heavy atom. The van der Waals surface area contributed by atoms with Crippen molar-refractivity contribution in [3.8, 4) is 0 Å². The van der Waals surface area contributed by atoms with Gasteiger partial charge in [-0.15, -0.1) is 0 Å². The molecule has 7 nitrogen and oxygen atoms in total. The molecule has 0 saturated carbocycles. The zero-order valence-electron chi connectivity index (χ0n) is 17.8. The number of carbonyl (C=O) groups is 2. The number of hydrogen-bond acceptors (Lipinski definition) is 3. The molecule has 0 bridgehead atoms. The highest BCUT2D eigenvalue weighted by Crippen LogP contribution is 2.34. The van der Waals surface area contributed by atoms with Crippen molar-refractivity contribution in [3.05, 3.63) is 36.0 Å². The van der Waals surface area contributed by atoms with Crippen LogP contribution < -0.4 is 0 Å². The monoisotopic (exact) mass is 395 g/mol. The Bertz CT molecular complexity index is 1080. The normalized spacial score (nSPS) is 15.6. The maximum Gasteiger partial charge on any atom is 0.328 e. The minimum absolute atomic E-state index is 0.0797. The van der Waals surface area contributed by atoms with E-state index in [1.807, 2.05) is 29.2 Å². The van der Waals surface area contributed by atoms with Crippen LogP contribution in [0.1, 0.15) is 30.4 Å². The number of nitrogens with zero attached hydrogens (tertiary/aromatic N) is 5. The third-order valence-electron chi connectivity index (χ3n) is 5.76. The van der Waals surface area contributed by atoms with Crippen LogP contribution in [-0.4, -0.2) is 83.1 Å². The van der Waals surface area contributed by atoms with E-state index in [0.29, 0.717) is 18.8 Å². The Balaban J connectivity index is 1.97. The van der Waals surface area contributed by atoms with Gasteiger partial charge in [0.25, 0.3) is 5.91 Å². The van der Waals surface area contributed by atoms with Crippen molar-refractivity contribution in [1.82, 2.24) is 23.8 Å². The SMILES string of the molecule is CC(C)n1c2ccccc2c2c1cc(C(=O)N1CCN(C)CC1)n2C(=O)N(C)C. The van der Waals surface area contributed by atoms with E-state index in [0.717, 1.165) is 35.0 Å². The van der Waals surface area contributed by atoms with Gasteiger partial charge >= 0.3 is 6.03 Å². The van der Waals surface area contributed by atoms with Crippen LogP contribution in [0.2, 0.25) is 0 Å². The third kappa shape index (κ3) is 3.09. The first kappa shape index (κ1) is 19.5. The Labute approximate surface area is 171 Å². The topological polar surface area (TPSA) is 53.7 Å². The number of likely N-dealkylation sites (N-methyl/N-ethyl adjacent to an activating group) is 1. The number of rotatable bonds is 2. The van der Waals surface area contributed by atoms with E-state index in [1.54, 1.807) is 18.7 Å². The maximum absolute atomic E-state index is 13.4. The molecular formula is C22H29N5O2. The van der Waals surface area contributed by atoms with Crippen molar-refractivity contribution >= 4 is 33.9 Å². The summed E-state index contributed by atoms with van der Waals surface area (Å²) in [5.74, 6) is -0.0797. The fourth-order valence-corrected chi connectivity index (χ4v) is 4.24. The smallest absolute Gasteiger partial charge is 0.328 e. The molecule has 3 heterocycles. The van der Waals surface area contributed by atoms with E-state index in [4.69, 9.17) is 0 Å². The van der Waals surface area contributed by atoms with Crippen molar-refractivity contribution in [2.75, 3.05) is 47.3 Å². The van der Waals surface area contributed by atoms with Gasteiger partial charge in [0.1, 0.15) is 5.69 Å². The number of piperazine rings is 1. The average molecular weight is 396 g/mol. The first-order valence-corrected chi connectivity index (χ1v) is 10.1. The molecule has 0 unspecified atom stereocenters. The quantitative estimate of drug-likeness (QED) is 0.670. The van der Waals surface area contributed by atoms with E-state index in [1.165, 1.54) is 4.90 Å². The molecule has 4 rings (SSSR count). The van der Waals surface area contributed by atoms with Crippen molar-refractivity contribution in [2.24, 2.45) is 0 Å². The summed E-state index contributed by atoms with van der Waals surface area (Å²) < 4.78 is 3.82. The second kappa shape index (κ2) is 7.22. The van der Waals surface area contributed by atoms with Gasteiger partial charge in [-0.2, -0.15) is 0 Å². The summed E-state index contributed by atoms with van der Waals surface area (Å²) in [4.78, 5) is 32.2. The summed E-state index contributed by atoms with van der Waals surface area (Å²) in [6, 6.07) is 9.98. The lowest BCUT2D eigenvalue weighted by Crippen LogP contribution is -2.48. The van der Waals surface area contributed by atoms with Crippen LogP contribution in [0.3, 0.4) is 0 Å². The Kier molecular flexibility index (Phi) is 4.86. The number of carbonyl (C=O) groups excluding carboxylic acids is 2. The average Bonchev–Trinajstić information content (AvgIpc) is 3.21. The molecule has 1 aromatic carbocycles. The van der Waals surface area contributed by atoms with Crippen molar-refractivity contribution in [1.29, 1.82) is 0 Å². The van der Waals surface area contributed by atoms with E-state index in [9.17, 15) is 9.59 Å². The molecule has 2 aromatic heterocycles. The summed E-state index contributed by atoms with van der Waals surface area (Å²) in [6.07, 6.45) is 0. The number of aromatic nitrogens is 2. The van der Waals surface area contributed by atoms with E-state index < -0.39 is 0 Å². The summed E-state index contributed by atoms with van der Waals surface area (Å²) in [7, 11) is 5.51. The third-order valence-corrected chi connectivity index (χ3v) is 5.76. The molecule has 1 aliphatic rings. The molecule has 0 aliphatic carbocycles. The minimum atomic E-state index is -0.205. The number of fused-ring (bicyclic) bond motifs is 3. The van der Waals surface area contributed by atoms with Crippen molar-refractivity contribution in [3.63, 3.8) is 0 Å². The van der Waals surface area contributed by atoms with Crippen molar-refractivity contribution < 1.29 is 9.59 Å². The molecule has 1 saturated heterocycles. The summed E-state index contributed by atoms with van der Waals surface area (Å²) in [5.41, 5.74) is 3.25. The van der Waals surface area contributed by atoms with Crippen LogP contribution >= 0.6 is 0 Å². The molecule has 7 heteroatoms. The molecule has 0 spiro atoms. The van der Waals surface area contributed by atoms with Crippen LogP contribution in [-0.2, 0) is 0 Å². The van der Waals surface area contributed by atoms with Gasteiger partial charge in [-0.25, -0.2) is 4.79 Å². The summed E-state index contributed by atoms with van der Waals surface area (Å²) in [5, 5.41) is 0.990. The molecule has 154 valence electrons. The number of benzene rings is 1. The first-order valence-electron chi connectivity index (χ1n) is 10.1. The number of hydrogen-bond donors (Lipinski definition) is 0. The molecule has 1 fully saturated rings. The molecule has 0 atom stereocenters. The van der Waals surface area contributed by atoms with Gasteiger partial charge in [-0.1, -0.05) is 18.2 Å². The first-order chi connectivity index (χ1) is 13.8. The molecule has 0 N–H and O–H groups in total. The maximum atomic E-state index is 13.4. The fraction of sp³-hybridized carbons (Fsp3) is 0.455. The lowest BCUT2D eigenvalue weighted by Gasteiger charge is -2.32. The number of amides is 2. The molecular weight excluding hydrogens is 366 g/mol. The second-order valence-electron chi connectivity index (χ2n) is 8.35. The van der Waals surface area contributed by atoms with Crippen LogP contribution in [0.15, 0.2) is 30.3 Å². The van der Waals surface area contributed by atoms with Gasteiger partial charge < -0.3 is 19.3 Å². The Hall–Kier alpha value is -2.80. The van der Waals surface area contributed by atoms with Crippen LogP contribution in [0.4, 0.5) is 4.79 Å². The predicted octanol–water partition coefficient (Wildman–Crippen LogP) is 3.09. The van der Waals surface area contributed by atoms with E-state index in [-0.39, 0.29) is 18.0 Å². The molecule has 1 aliphatic heterocycles. The van der Waals surface area contributed by atoms with E-state index in [2.05, 4.69) is 36.4 Å². The lowest BCUT2D eigenvalue weighted by molar-refractivity contribution is 0.0654. The zero-order valence-corrected chi connectivity index (χ0v) is 17.8. The Morgan fingerprint density at radius 3 is 2.28 bits per heavy atom. The lowest BCUT2D eigenvalue weighted by atomic mass is 10.2. The molecule has 3 aromatic rings. The largest absolute Gasteiger partial charge is 0.337 e. The highest BCUT2D eigenvalue weighted by Gasteiger charge is 2.30.